The van der Waals surface area contributed by atoms with Crippen molar-refractivity contribution in [1.82, 2.24) is 19.4 Å². The summed E-state index contributed by atoms with van der Waals surface area (Å²) in [6.07, 6.45) is 3.67. The van der Waals surface area contributed by atoms with Crippen molar-refractivity contribution in [2.24, 2.45) is 5.73 Å². The van der Waals surface area contributed by atoms with Crippen molar-refractivity contribution in [2.45, 2.75) is 44.3 Å². The lowest BCUT2D eigenvalue weighted by Crippen LogP contribution is -2.45. The highest BCUT2D eigenvalue weighted by Crippen LogP contribution is 2.37. The van der Waals surface area contributed by atoms with Crippen LogP contribution in [0.3, 0.4) is 0 Å². The summed E-state index contributed by atoms with van der Waals surface area (Å²) in [6, 6.07) is 13.0. The van der Waals surface area contributed by atoms with Gasteiger partial charge in [0.15, 0.2) is 0 Å². The van der Waals surface area contributed by atoms with Gasteiger partial charge in [0.2, 0.25) is 0 Å². The lowest BCUT2D eigenvalue weighted by Gasteiger charge is -2.33. The van der Waals surface area contributed by atoms with Crippen LogP contribution in [0.1, 0.15) is 40.6 Å². The number of carbonyl (C=O) groups excluding carboxylic acids is 2. The van der Waals surface area contributed by atoms with Gasteiger partial charge >= 0.3 is 6.09 Å². The molecule has 42 heavy (non-hydrogen) atoms. The molecule has 2 fully saturated rings. The van der Waals surface area contributed by atoms with Gasteiger partial charge in [-0.25, -0.2) is 14.8 Å². The summed E-state index contributed by atoms with van der Waals surface area (Å²) in [7, 11) is 0. The molecule has 0 bridgehead atoms. The number of hydrogen-bond acceptors (Lipinski definition) is 10. The number of cyclic esters (lactones) is 1. The van der Waals surface area contributed by atoms with E-state index in [9.17, 15) is 14.4 Å². The molecule has 214 valence electrons. The monoisotopic (exact) mass is 583 g/mol. The first-order valence-electron chi connectivity index (χ1n) is 13.7. The summed E-state index contributed by atoms with van der Waals surface area (Å²) in [5.41, 5.74) is 9.11. The molecular formula is C30H29N7O4S. The number of nitrogens with two attached hydrogens (primary N) is 1. The Morgan fingerprint density at radius 2 is 2.10 bits per heavy atom. The number of ether oxygens (including phenoxy) is 1. The molecule has 0 radical (unpaired) electrons. The number of nitriles is 1. The van der Waals surface area contributed by atoms with Crippen molar-refractivity contribution in [3.63, 3.8) is 0 Å². The number of fused-ring (bicyclic) bond motifs is 2. The van der Waals surface area contributed by atoms with Crippen molar-refractivity contribution in [1.29, 1.82) is 5.26 Å². The average Bonchev–Trinajstić information content (AvgIpc) is 3.63. The number of anilines is 1. The molecule has 0 unspecified atom stereocenters. The van der Waals surface area contributed by atoms with Crippen molar-refractivity contribution in [2.75, 3.05) is 25.0 Å². The number of piperidine rings is 1. The summed E-state index contributed by atoms with van der Waals surface area (Å²) in [5.74, 6) is 0.123. The minimum atomic E-state index is -0.438. The van der Waals surface area contributed by atoms with Crippen molar-refractivity contribution in [3.05, 3.63) is 74.8 Å². The van der Waals surface area contributed by atoms with Gasteiger partial charge in [-0.15, -0.1) is 11.3 Å². The standard InChI is InChI=1S/C30H29N7O4S/c1-17-34-26-9-23(28-33-13-27(42-28)20(12-32)15-38)25(35-21-6-7-36-22(8-21)16-41-30(36)40)10-24(26)29(39)37(17)14-19-4-2-18(11-31)3-5-19/h2-5,9-10,13,15,20-22,35H,6-8,12,14,16,32H2,1H3/t20-,21+,22+/m1/s1. The maximum absolute atomic E-state index is 13.8. The number of thiazole rings is 1. The molecule has 0 saturated carbocycles. The van der Waals surface area contributed by atoms with Crippen LogP contribution in [0.4, 0.5) is 10.5 Å². The minimum Gasteiger partial charge on any atom is -0.447 e. The average molecular weight is 584 g/mol. The second kappa shape index (κ2) is 11.3. The number of carbonyl (C=O) groups is 2. The normalized spacial score (nSPS) is 18.8. The second-order valence-corrected chi connectivity index (χ2v) is 11.7. The molecule has 2 saturated heterocycles. The Labute approximate surface area is 245 Å². The zero-order valence-corrected chi connectivity index (χ0v) is 23.8. The molecule has 2 aromatic carbocycles. The predicted molar refractivity (Wildman–Crippen MR) is 158 cm³/mol. The second-order valence-electron chi connectivity index (χ2n) is 10.6. The van der Waals surface area contributed by atoms with E-state index in [-0.39, 0.29) is 30.3 Å². The summed E-state index contributed by atoms with van der Waals surface area (Å²) < 4.78 is 6.87. The number of nitrogens with one attached hydrogen (secondary N) is 1. The van der Waals surface area contributed by atoms with Crippen LogP contribution in [0.2, 0.25) is 0 Å². The lowest BCUT2D eigenvalue weighted by molar-refractivity contribution is -0.108. The van der Waals surface area contributed by atoms with E-state index in [4.69, 9.17) is 20.7 Å². The van der Waals surface area contributed by atoms with Crippen LogP contribution >= 0.6 is 11.3 Å². The summed E-state index contributed by atoms with van der Waals surface area (Å²) in [5, 5.41) is 13.9. The smallest absolute Gasteiger partial charge is 0.410 e. The number of benzene rings is 2. The largest absolute Gasteiger partial charge is 0.447 e. The minimum absolute atomic E-state index is 0.00555. The van der Waals surface area contributed by atoms with Gasteiger partial charge in [-0.05, 0) is 49.6 Å². The maximum atomic E-state index is 13.8. The molecular weight excluding hydrogens is 554 g/mol. The first kappa shape index (κ1) is 27.6. The predicted octanol–water partition coefficient (Wildman–Crippen LogP) is 3.38. The van der Waals surface area contributed by atoms with Crippen LogP contribution in [-0.4, -0.2) is 63.6 Å². The zero-order valence-electron chi connectivity index (χ0n) is 22.9. The topological polar surface area (TPSA) is 156 Å². The third kappa shape index (κ3) is 5.13. The van der Waals surface area contributed by atoms with Crippen LogP contribution < -0.4 is 16.6 Å². The number of nitrogens with zero attached hydrogens (tertiary/aromatic N) is 5. The van der Waals surface area contributed by atoms with E-state index in [1.54, 1.807) is 34.7 Å². The van der Waals surface area contributed by atoms with E-state index in [2.05, 4.69) is 16.4 Å². The summed E-state index contributed by atoms with van der Waals surface area (Å²) >= 11 is 1.39. The molecule has 2 aromatic heterocycles. The third-order valence-electron chi connectivity index (χ3n) is 7.95. The van der Waals surface area contributed by atoms with E-state index in [0.29, 0.717) is 53.4 Å². The number of aldehydes is 1. The highest BCUT2D eigenvalue weighted by molar-refractivity contribution is 7.15. The fraction of sp³-hybridized carbons (Fsp3) is 0.333. The van der Waals surface area contributed by atoms with Gasteiger partial charge < -0.3 is 25.5 Å². The van der Waals surface area contributed by atoms with Crippen LogP contribution in [0, 0.1) is 18.3 Å². The van der Waals surface area contributed by atoms with Crippen LogP contribution in [0.5, 0.6) is 0 Å². The van der Waals surface area contributed by atoms with E-state index in [0.717, 1.165) is 34.4 Å². The molecule has 2 aliphatic rings. The fourth-order valence-corrected chi connectivity index (χ4v) is 6.62. The molecule has 4 heterocycles. The number of amides is 1. The molecule has 6 rings (SSSR count). The van der Waals surface area contributed by atoms with Crippen molar-refractivity contribution in [3.8, 4) is 16.6 Å². The molecule has 11 nitrogen and oxygen atoms in total. The maximum Gasteiger partial charge on any atom is 0.410 e. The Morgan fingerprint density at radius 3 is 2.83 bits per heavy atom. The van der Waals surface area contributed by atoms with E-state index < -0.39 is 5.92 Å². The molecule has 12 heteroatoms. The highest BCUT2D eigenvalue weighted by Gasteiger charge is 2.38. The van der Waals surface area contributed by atoms with Gasteiger partial charge in [0.1, 0.15) is 23.7 Å². The Hall–Kier alpha value is -4.60. The van der Waals surface area contributed by atoms with Gasteiger partial charge in [0.05, 0.1) is 41.0 Å². The van der Waals surface area contributed by atoms with Crippen LogP contribution in [0.15, 0.2) is 47.4 Å². The fourth-order valence-electron chi connectivity index (χ4n) is 5.60. The highest BCUT2D eigenvalue weighted by atomic mass is 32.1. The molecule has 4 aromatic rings. The first-order valence-corrected chi connectivity index (χ1v) is 14.6. The van der Waals surface area contributed by atoms with Crippen LogP contribution in [-0.2, 0) is 16.1 Å². The van der Waals surface area contributed by atoms with E-state index in [1.807, 2.05) is 24.3 Å². The Bertz CT molecular complexity index is 1780. The zero-order chi connectivity index (χ0) is 29.4. The molecule has 3 atom stereocenters. The number of aromatic nitrogens is 3. The van der Waals surface area contributed by atoms with Crippen molar-refractivity contribution < 1.29 is 14.3 Å². The number of rotatable bonds is 8. The lowest BCUT2D eigenvalue weighted by atomic mass is 9.97. The van der Waals surface area contributed by atoms with Gasteiger partial charge in [-0.3, -0.25) is 9.36 Å². The summed E-state index contributed by atoms with van der Waals surface area (Å²) in [6.45, 7) is 3.26. The molecule has 0 aliphatic carbocycles. The summed E-state index contributed by atoms with van der Waals surface area (Å²) in [4.78, 5) is 49.4. The van der Waals surface area contributed by atoms with E-state index >= 15 is 0 Å². The SMILES string of the molecule is Cc1nc2cc(-c3ncc([C@@H](C=O)CN)s3)c(N[C@H]3CCN4C(=O)OC[C@@H]4C3)cc2c(=O)n1Cc1ccc(C#N)cc1. The van der Waals surface area contributed by atoms with Gasteiger partial charge in [-0.2, -0.15) is 5.26 Å². The van der Waals surface area contributed by atoms with E-state index in [1.165, 1.54) is 11.3 Å². The van der Waals surface area contributed by atoms with Crippen molar-refractivity contribution >= 4 is 40.3 Å². The molecule has 0 spiro atoms. The Kier molecular flexibility index (Phi) is 7.45. The van der Waals surface area contributed by atoms with Gasteiger partial charge in [0, 0.05) is 41.5 Å². The quantitative estimate of drug-likeness (QED) is 0.297. The molecule has 2 aliphatic heterocycles. The molecule has 1 amide bonds. The van der Waals surface area contributed by atoms with Gasteiger partial charge in [0.25, 0.3) is 5.56 Å². The van der Waals surface area contributed by atoms with Crippen LogP contribution in [0.25, 0.3) is 21.5 Å². The first-order chi connectivity index (χ1) is 20.4. The Balaban J connectivity index is 1.41. The molecule has 3 N–H and O–H groups in total. The van der Waals surface area contributed by atoms with Gasteiger partial charge in [-0.1, -0.05) is 12.1 Å². The number of aryl methyl sites for hydroxylation is 1. The Morgan fingerprint density at radius 1 is 1.29 bits per heavy atom. The number of hydrogen-bond donors (Lipinski definition) is 2. The third-order valence-corrected chi connectivity index (χ3v) is 9.12.